The topological polar surface area (TPSA) is 32.5 Å². The first-order valence-corrected chi connectivity index (χ1v) is 9.08. The molecule has 1 fully saturated rings. The quantitative estimate of drug-likeness (QED) is 0.704. The van der Waals surface area contributed by atoms with Crippen molar-refractivity contribution in [1.82, 2.24) is 4.90 Å². The molecule has 2 aromatic carbocycles. The van der Waals surface area contributed by atoms with E-state index in [4.69, 9.17) is 4.74 Å². The van der Waals surface area contributed by atoms with Crippen LogP contribution in [0.2, 0.25) is 0 Å². The number of carbonyl (C=O) groups excluding carboxylic acids is 1. The number of amides is 1. The zero-order valence-electron chi connectivity index (χ0n) is 15.7. The van der Waals surface area contributed by atoms with Crippen molar-refractivity contribution in [3.8, 4) is 5.75 Å². The highest BCUT2D eigenvalue weighted by atomic mass is 16.5. The van der Waals surface area contributed by atoms with E-state index in [1.165, 1.54) is 0 Å². The van der Waals surface area contributed by atoms with Crippen LogP contribution in [-0.2, 0) is 4.79 Å². The fourth-order valence-electron chi connectivity index (χ4n) is 3.50. The molecule has 0 aromatic heterocycles. The summed E-state index contributed by atoms with van der Waals surface area (Å²) in [6, 6.07) is 16.0. The molecule has 0 unspecified atom stereocenters. The van der Waals surface area contributed by atoms with Gasteiger partial charge in [0.1, 0.15) is 11.8 Å². The van der Waals surface area contributed by atoms with Crippen LogP contribution < -0.4 is 9.64 Å². The molecule has 26 heavy (non-hydrogen) atoms. The molecule has 1 saturated heterocycles. The van der Waals surface area contributed by atoms with Gasteiger partial charge in [-0.25, -0.2) is 0 Å². The van der Waals surface area contributed by atoms with Crippen molar-refractivity contribution in [2.24, 2.45) is 0 Å². The van der Waals surface area contributed by atoms with E-state index < -0.39 is 0 Å². The van der Waals surface area contributed by atoms with E-state index in [2.05, 4.69) is 23.6 Å². The number of rotatable bonds is 7. The molecule has 0 radical (unpaired) electrons. The van der Waals surface area contributed by atoms with Crippen LogP contribution in [0.3, 0.4) is 0 Å². The molecular weight excluding hydrogens is 324 g/mol. The van der Waals surface area contributed by atoms with Crippen LogP contribution in [0.4, 0.5) is 5.69 Å². The number of nitrogens with zero attached hydrogens (tertiary/aromatic N) is 2. The summed E-state index contributed by atoms with van der Waals surface area (Å²) in [7, 11) is 1.66. The maximum Gasteiger partial charge on any atom is 0.247 e. The van der Waals surface area contributed by atoms with E-state index in [0.29, 0.717) is 0 Å². The minimum absolute atomic E-state index is 0.0522. The first-order valence-electron chi connectivity index (χ1n) is 9.08. The number of hydrogen-bond acceptors (Lipinski definition) is 3. The van der Waals surface area contributed by atoms with Crippen molar-refractivity contribution >= 4 is 17.7 Å². The third-order valence-corrected chi connectivity index (χ3v) is 5.00. The van der Waals surface area contributed by atoms with Crippen LogP contribution in [-0.4, -0.2) is 37.0 Å². The Balaban J connectivity index is 1.95. The van der Waals surface area contributed by atoms with Gasteiger partial charge < -0.3 is 14.5 Å². The van der Waals surface area contributed by atoms with E-state index in [-0.39, 0.29) is 18.0 Å². The number of carbonyl (C=O) groups is 1. The minimum Gasteiger partial charge on any atom is -0.497 e. The molecule has 0 aliphatic carbocycles. The lowest BCUT2D eigenvalue weighted by Crippen LogP contribution is -2.35. The number of anilines is 1. The Morgan fingerprint density at radius 2 is 1.88 bits per heavy atom. The predicted molar refractivity (Wildman–Crippen MR) is 106 cm³/mol. The minimum atomic E-state index is -0.164. The van der Waals surface area contributed by atoms with Gasteiger partial charge >= 0.3 is 0 Å². The molecule has 1 aliphatic rings. The lowest BCUT2D eigenvalue weighted by Gasteiger charge is -2.18. The predicted octanol–water partition coefficient (Wildman–Crippen LogP) is 4.14. The highest BCUT2D eigenvalue weighted by Gasteiger charge is 2.54. The standard InChI is InChI=1S/C22H26N2O2/c1-5-16-9-8-10-17(15-16)20-21(22(25)23(6-2)7-3)24(20)18-11-13-19(26-4)14-12-18/h5,8-15,20-21H,1,6-7H2,2-4H3/t20-,21+,24?/m0/s1. The zero-order chi connectivity index (χ0) is 18.7. The average molecular weight is 350 g/mol. The first-order chi connectivity index (χ1) is 12.6. The summed E-state index contributed by atoms with van der Waals surface area (Å²) in [5.74, 6) is 0.993. The molecule has 4 nitrogen and oxygen atoms in total. The van der Waals surface area contributed by atoms with Crippen molar-refractivity contribution in [2.75, 3.05) is 25.1 Å². The van der Waals surface area contributed by atoms with Crippen molar-refractivity contribution in [3.63, 3.8) is 0 Å². The highest BCUT2D eigenvalue weighted by molar-refractivity contribution is 5.93. The monoisotopic (exact) mass is 350 g/mol. The van der Waals surface area contributed by atoms with Gasteiger partial charge in [-0.15, -0.1) is 0 Å². The lowest BCUT2D eigenvalue weighted by molar-refractivity contribution is -0.130. The van der Waals surface area contributed by atoms with E-state index in [0.717, 1.165) is 35.7 Å². The molecule has 0 N–H and O–H groups in total. The average Bonchev–Trinajstić information content (AvgIpc) is 3.44. The Morgan fingerprint density at radius 3 is 2.46 bits per heavy atom. The molecule has 0 spiro atoms. The van der Waals surface area contributed by atoms with Crippen LogP contribution in [0.1, 0.15) is 31.0 Å². The Kier molecular flexibility index (Phi) is 5.31. The molecule has 1 aliphatic heterocycles. The van der Waals surface area contributed by atoms with Gasteiger partial charge in [0.05, 0.1) is 13.2 Å². The van der Waals surface area contributed by atoms with E-state index in [1.54, 1.807) is 7.11 Å². The lowest BCUT2D eigenvalue weighted by atomic mass is 10.1. The van der Waals surface area contributed by atoms with Crippen LogP contribution in [0, 0.1) is 0 Å². The van der Waals surface area contributed by atoms with Gasteiger partial charge in [0, 0.05) is 18.8 Å². The summed E-state index contributed by atoms with van der Waals surface area (Å²) in [5, 5.41) is 0. The van der Waals surface area contributed by atoms with Crippen LogP contribution in [0.5, 0.6) is 5.75 Å². The van der Waals surface area contributed by atoms with E-state index in [1.807, 2.05) is 61.2 Å². The summed E-state index contributed by atoms with van der Waals surface area (Å²) in [4.78, 5) is 17.1. The maximum atomic E-state index is 13.1. The SMILES string of the molecule is C=Cc1cccc([C@H]2[C@H](C(=O)N(CC)CC)N2c2ccc(OC)cc2)c1. The largest absolute Gasteiger partial charge is 0.497 e. The summed E-state index contributed by atoms with van der Waals surface area (Å²) in [5.41, 5.74) is 3.24. The highest BCUT2D eigenvalue weighted by Crippen LogP contribution is 2.48. The Morgan fingerprint density at radius 1 is 1.19 bits per heavy atom. The Labute approximate surface area is 155 Å². The Bertz CT molecular complexity index is 781. The molecule has 136 valence electrons. The van der Waals surface area contributed by atoms with E-state index in [9.17, 15) is 4.79 Å². The second-order valence-electron chi connectivity index (χ2n) is 6.38. The van der Waals surface area contributed by atoms with Crippen LogP contribution >= 0.6 is 0 Å². The summed E-state index contributed by atoms with van der Waals surface area (Å²) >= 11 is 0. The normalized spacial score (nSPS) is 18.3. The third kappa shape index (κ3) is 3.32. The smallest absolute Gasteiger partial charge is 0.247 e. The van der Waals surface area contributed by atoms with Crippen LogP contribution in [0.25, 0.3) is 6.08 Å². The second kappa shape index (κ2) is 7.65. The van der Waals surface area contributed by atoms with Crippen molar-refractivity contribution in [1.29, 1.82) is 0 Å². The number of hydrogen-bond donors (Lipinski definition) is 0. The summed E-state index contributed by atoms with van der Waals surface area (Å²) in [6.45, 7) is 9.35. The van der Waals surface area contributed by atoms with Crippen LogP contribution in [0.15, 0.2) is 55.1 Å². The van der Waals surface area contributed by atoms with Gasteiger partial charge in [-0.05, 0) is 55.3 Å². The maximum absolute atomic E-state index is 13.1. The van der Waals surface area contributed by atoms with Gasteiger partial charge in [-0.1, -0.05) is 30.9 Å². The molecule has 2 atom stereocenters. The van der Waals surface area contributed by atoms with Gasteiger partial charge in [0.25, 0.3) is 0 Å². The summed E-state index contributed by atoms with van der Waals surface area (Å²) in [6.07, 6.45) is 1.84. The summed E-state index contributed by atoms with van der Waals surface area (Å²) < 4.78 is 5.25. The molecule has 1 amide bonds. The van der Waals surface area contributed by atoms with Gasteiger partial charge in [0.2, 0.25) is 5.91 Å². The number of ether oxygens (including phenoxy) is 1. The molecule has 1 heterocycles. The molecule has 2 aromatic rings. The van der Waals surface area contributed by atoms with E-state index >= 15 is 0 Å². The number of benzene rings is 2. The molecule has 0 saturated carbocycles. The fraction of sp³-hybridized carbons (Fsp3) is 0.318. The molecule has 3 rings (SSSR count). The van der Waals surface area contributed by atoms with Crippen molar-refractivity contribution in [3.05, 3.63) is 66.2 Å². The number of likely N-dealkylation sites (N-methyl/N-ethyl adjacent to an activating group) is 1. The first kappa shape index (κ1) is 18.1. The molecule has 0 bridgehead atoms. The third-order valence-electron chi connectivity index (χ3n) is 5.00. The molecule has 4 heteroatoms. The van der Waals surface area contributed by atoms with Crippen molar-refractivity contribution < 1.29 is 9.53 Å². The van der Waals surface area contributed by atoms with Gasteiger partial charge in [-0.3, -0.25) is 4.79 Å². The fourth-order valence-corrected chi connectivity index (χ4v) is 3.50. The van der Waals surface area contributed by atoms with Crippen molar-refractivity contribution in [2.45, 2.75) is 25.9 Å². The second-order valence-corrected chi connectivity index (χ2v) is 6.38. The molecular formula is C22H26N2O2. The zero-order valence-corrected chi connectivity index (χ0v) is 15.7. The Hall–Kier alpha value is -2.75. The number of methoxy groups -OCH3 is 1. The van der Waals surface area contributed by atoms with Gasteiger partial charge in [-0.2, -0.15) is 0 Å². The van der Waals surface area contributed by atoms with Gasteiger partial charge in [0.15, 0.2) is 0 Å².